The van der Waals surface area contributed by atoms with Crippen molar-refractivity contribution in [1.29, 1.82) is 0 Å². The SMILES string of the molecule is CCOC(=O)c1c(NC(=O)c2cc(C)n(C(C)C)n2)sc2c1CCN(CC)C2.Cl. The predicted molar refractivity (Wildman–Crippen MR) is 117 cm³/mol. The second-order valence-corrected chi connectivity index (χ2v) is 8.32. The van der Waals surface area contributed by atoms with Crippen LogP contribution in [0.4, 0.5) is 5.00 Å². The number of aromatic nitrogens is 2. The molecule has 0 bridgehead atoms. The lowest BCUT2D eigenvalue weighted by Gasteiger charge is -2.25. The summed E-state index contributed by atoms with van der Waals surface area (Å²) in [5.74, 6) is -0.678. The molecule has 9 heteroatoms. The molecule has 0 saturated carbocycles. The van der Waals surface area contributed by atoms with E-state index in [4.69, 9.17) is 4.74 Å². The maximum Gasteiger partial charge on any atom is 0.341 e. The highest BCUT2D eigenvalue weighted by Crippen LogP contribution is 2.37. The molecule has 7 nitrogen and oxygen atoms in total. The molecule has 0 unspecified atom stereocenters. The van der Waals surface area contributed by atoms with Crippen LogP contribution in [0.2, 0.25) is 0 Å². The Morgan fingerprint density at radius 3 is 2.66 bits per heavy atom. The molecular weight excluding hydrogens is 412 g/mol. The van der Waals surface area contributed by atoms with Crippen LogP contribution in [0.3, 0.4) is 0 Å². The molecule has 0 atom stereocenters. The molecule has 2 aromatic rings. The van der Waals surface area contributed by atoms with Gasteiger partial charge in [0.15, 0.2) is 5.69 Å². The first kappa shape index (κ1) is 23.4. The summed E-state index contributed by atoms with van der Waals surface area (Å²) in [5, 5.41) is 7.89. The number of esters is 1. The van der Waals surface area contributed by atoms with Crippen LogP contribution in [-0.2, 0) is 17.7 Å². The Hall–Kier alpha value is -1.90. The van der Waals surface area contributed by atoms with Gasteiger partial charge >= 0.3 is 5.97 Å². The van der Waals surface area contributed by atoms with Crippen molar-refractivity contribution in [3.8, 4) is 0 Å². The van der Waals surface area contributed by atoms with E-state index in [0.29, 0.717) is 22.9 Å². The van der Waals surface area contributed by atoms with Crippen LogP contribution in [0.5, 0.6) is 0 Å². The van der Waals surface area contributed by atoms with Gasteiger partial charge in [0.2, 0.25) is 0 Å². The lowest BCUT2D eigenvalue weighted by molar-refractivity contribution is 0.0526. The molecule has 0 saturated heterocycles. The number of amides is 1. The molecule has 0 aromatic carbocycles. The summed E-state index contributed by atoms with van der Waals surface area (Å²) < 4.78 is 7.09. The average Bonchev–Trinajstić information content (AvgIpc) is 3.21. The van der Waals surface area contributed by atoms with E-state index in [1.165, 1.54) is 11.3 Å². The van der Waals surface area contributed by atoms with Gasteiger partial charge in [-0.3, -0.25) is 14.4 Å². The van der Waals surface area contributed by atoms with Gasteiger partial charge in [0, 0.05) is 29.7 Å². The average molecular weight is 441 g/mol. The van der Waals surface area contributed by atoms with Gasteiger partial charge in [-0.05, 0) is 52.3 Å². The topological polar surface area (TPSA) is 76.5 Å². The summed E-state index contributed by atoms with van der Waals surface area (Å²) in [4.78, 5) is 28.9. The van der Waals surface area contributed by atoms with E-state index < -0.39 is 0 Å². The third kappa shape index (κ3) is 4.82. The summed E-state index contributed by atoms with van der Waals surface area (Å²) in [5.41, 5.74) is 2.79. The van der Waals surface area contributed by atoms with Gasteiger partial charge in [-0.15, -0.1) is 23.7 Å². The highest BCUT2D eigenvalue weighted by Gasteiger charge is 2.29. The highest BCUT2D eigenvalue weighted by atomic mass is 35.5. The molecule has 0 spiro atoms. The minimum atomic E-state index is -0.371. The van der Waals surface area contributed by atoms with E-state index in [9.17, 15) is 9.59 Å². The summed E-state index contributed by atoms with van der Waals surface area (Å²) >= 11 is 1.47. The Kier molecular flexibility index (Phi) is 7.85. The van der Waals surface area contributed by atoms with Crippen molar-refractivity contribution in [3.63, 3.8) is 0 Å². The van der Waals surface area contributed by atoms with Crippen molar-refractivity contribution in [2.45, 2.75) is 53.6 Å². The Labute approximate surface area is 181 Å². The number of anilines is 1. The van der Waals surface area contributed by atoms with Gasteiger partial charge in [-0.2, -0.15) is 5.10 Å². The molecule has 0 fully saturated rings. The number of rotatable bonds is 6. The van der Waals surface area contributed by atoms with Crippen molar-refractivity contribution >= 4 is 40.6 Å². The second-order valence-electron chi connectivity index (χ2n) is 7.21. The smallest absolute Gasteiger partial charge is 0.341 e. The zero-order chi connectivity index (χ0) is 20.4. The van der Waals surface area contributed by atoms with Crippen LogP contribution in [0.25, 0.3) is 0 Å². The molecular formula is C20H29ClN4O3S. The minimum Gasteiger partial charge on any atom is -0.462 e. The van der Waals surface area contributed by atoms with E-state index in [0.717, 1.165) is 42.2 Å². The number of nitrogens with one attached hydrogen (secondary N) is 1. The first-order valence-electron chi connectivity index (χ1n) is 9.77. The van der Waals surface area contributed by atoms with Gasteiger partial charge in [-0.25, -0.2) is 4.79 Å². The van der Waals surface area contributed by atoms with Crippen LogP contribution in [0, 0.1) is 6.92 Å². The molecule has 1 aliphatic rings. The van der Waals surface area contributed by atoms with Crippen LogP contribution < -0.4 is 5.32 Å². The van der Waals surface area contributed by atoms with Crippen LogP contribution in [-0.4, -0.2) is 46.3 Å². The number of ether oxygens (including phenoxy) is 1. The third-order valence-electron chi connectivity index (χ3n) is 4.93. The van der Waals surface area contributed by atoms with Gasteiger partial charge in [0.05, 0.1) is 12.2 Å². The fourth-order valence-electron chi connectivity index (χ4n) is 3.52. The van der Waals surface area contributed by atoms with E-state index in [2.05, 4.69) is 22.2 Å². The largest absolute Gasteiger partial charge is 0.462 e. The van der Waals surface area contributed by atoms with Crippen molar-refractivity contribution in [2.24, 2.45) is 0 Å². The van der Waals surface area contributed by atoms with Crippen molar-refractivity contribution in [2.75, 3.05) is 25.0 Å². The fraction of sp³-hybridized carbons (Fsp3) is 0.550. The number of carbonyl (C=O) groups excluding carboxylic acids is 2. The number of fused-ring (bicyclic) bond motifs is 1. The molecule has 160 valence electrons. The first-order chi connectivity index (χ1) is 13.3. The number of nitrogens with zero attached hydrogens (tertiary/aromatic N) is 3. The Morgan fingerprint density at radius 2 is 2.07 bits per heavy atom. The molecule has 1 amide bonds. The van der Waals surface area contributed by atoms with Gasteiger partial charge < -0.3 is 10.1 Å². The van der Waals surface area contributed by atoms with Gasteiger partial charge in [0.25, 0.3) is 5.91 Å². The standard InChI is InChI=1S/C20H28N4O3S.ClH/c1-6-23-9-8-14-16(11-23)28-19(17(14)20(26)27-7-2)21-18(25)15-10-13(5)24(22-15)12(3)4;/h10,12H,6-9,11H2,1-5H3,(H,21,25);1H. The number of halogens is 1. The lowest BCUT2D eigenvalue weighted by Crippen LogP contribution is -2.30. The summed E-state index contributed by atoms with van der Waals surface area (Å²) in [6, 6.07) is 1.94. The number of likely N-dealkylation sites (N-methyl/N-ethyl adjacent to an activating group) is 1. The maximum atomic E-state index is 12.8. The quantitative estimate of drug-likeness (QED) is 0.685. The number of hydrogen-bond acceptors (Lipinski definition) is 6. The third-order valence-corrected chi connectivity index (χ3v) is 6.07. The van der Waals surface area contributed by atoms with Crippen LogP contribution in [0.15, 0.2) is 6.07 Å². The molecule has 1 N–H and O–H groups in total. The summed E-state index contributed by atoms with van der Waals surface area (Å²) in [6.07, 6.45) is 0.783. The lowest BCUT2D eigenvalue weighted by atomic mass is 10.0. The number of carbonyl (C=O) groups is 2. The molecule has 0 aliphatic carbocycles. The first-order valence-corrected chi connectivity index (χ1v) is 10.6. The van der Waals surface area contributed by atoms with E-state index in [-0.39, 0.29) is 30.3 Å². The molecule has 0 radical (unpaired) electrons. The Morgan fingerprint density at radius 1 is 1.34 bits per heavy atom. The zero-order valence-electron chi connectivity index (χ0n) is 17.6. The zero-order valence-corrected chi connectivity index (χ0v) is 19.2. The number of thiophene rings is 1. The van der Waals surface area contributed by atoms with Gasteiger partial charge in [0.1, 0.15) is 5.00 Å². The normalized spacial score (nSPS) is 13.7. The van der Waals surface area contributed by atoms with E-state index >= 15 is 0 Å². The van der Waals surface area contributed by atoms with Crippen LogP contribution >= 0.6 is 23.7 Å². The molecule has 3 heterocycles. The van der Waals surface area contributed by atoms with E-state index in [1.54, 1.807) is 13.0 Å². The summed E-state index contributed by atoms with van der Waals surface area (Å²) in [6.45, 7) is 12.8. The molecule has 1 aliphatic heterocycles. The number of hydrogen-bond donors (Lipinski definition) is 1. The highest BCUT2D eigenvalue weighted by molar-refractivity contribution is 7.17. The molecule has 3 rings (SSSR count). The second kappa shape index (κ2) is 9.73. The van der Waals surface area contributed by atoms with Crippen molar-refractivity contribution in [1.82, 2.24) is 14.7 Å². The van der Waals surface area contributed by atoms with Crippen LogP contribution in [0.1, 0.15) is 70.7 Å². The Bertz CT molecular complexity index is 891. The molecule has 29 heavy (non-hydrogen) atoms. The van der Waals surface area contributed by atoms with Crippen molar-refractivity contribution < 1.29 is 14.3 Å². The predicted octanol–water partition coefficient (Wildman–Crippen LogP) is 4.06. The molecule has 2 aromatic heterocycles. The monoisotopic (exact) mass is 440 g/mol. The fourth-order valence-corrected chi connectivity index (χ4v) is 4.80. The van der Waals surface area contributed by atoms with Crippen molar-refractivity contribution in [3.05, 3.63) is 33.5 Å². The van der Waals surface area contributed by atoms with E-state index in [1.807, 2.05) is 25.5 Å². The summed E-state index contributed by atoms with van der Waals surface area (Å²) in [7, 11) is 0. The minimum absolute atomic E-state index is 0. The number of aryl methyl sites for hydroxylation is 1. The Balaban J connectivity index is 0.00000300. The maximum absolute atomic E-state index is 12.8. The van der Waals surface area contributed by atoms with Gasteiger partial charge in [-0.1, -0.05) is 6.92 Å².